The van der Waals surface area contributed by atoms with E-state index in [0.717, 1.165) is 39.2 Å². The Morgan fingerprint density at radius 1 is 0.692 bits per heavy atom. The van der Waals surface area contributed by atoms with Crippen molar-refractivity contribution in [2.24, 2.45) is 0 Å². The Morgan fingerprint density at radius 3 is 1.77 bits per heavy atom. The van der Waals surface area contributed by atoms with E-state index >= 15 is 0 Å². The van der Waals surface area contributed by atoms with Gasteiger partial charge in [0.25, 0.3) is 0 Å². The molecule has 130 valence electrons. The topological polar surface area (TPSA) is 9.23 Å². The Hall–Kier alpha value is -3.01. The molecule has 0 atom stereocenters. The standard InChI is InChI=1S/C22H15F3O/c23-22(24,25)17-9-11-18(12-10-17)26-14-21-19-7-3-1-5-15(19)13-16-6-2-4-8-20(16)21/h1-13H,14H2. The molecule has 0 N–H and O–H groups in total. The number of hydrogen-bond donors (Lipinski definition) is 0. The van der Waals surface area contributed by atoms with Crippen molar-refractivity contribution in [2.45, 2.75) is 12.8 Å². The number of benzene rings is 4. The zero-order chi connectivity index (χ0) is 18.1. The molecule has 0 spiro atoms. The monoisotopic (exact) mass is 352 g/mol. The van der Waals surface area contributed by atoms with Crippen LogP contribution in [0.25, 0.3) is 21.5 Å². The third-order valence-electron chi connectivity index (χ3n) is 4.45. The molecule has 0 radical (unpaired) electrons. The summed E-state index contributed by atoms with van der Waals surface area (Å²) in [7, 11) is 0. The third-order valence-corrected chi connectivity index (χ3v) is 4.45. The Labute approximate surface area is 148 Å². The van der Waals surface area contributed by atoms with Crippen LogP contribution in [0.15, 0.2) is 78.9 Å². The van der Waals surface area contributed by atoms with Crippen molar-refractivity contribution in [1.29, 1.82) is 0 Å². The number of halogens is 3. The molecule has 0 aliphatic rings. The summed E-state index contributed by atoms with van der Waals surface area (Å²) < 4.78 is 43.8. The summed E-state index contributed by atoms with van der Waals surface area (Å²) in [5.74, 6) is 0.412. The van der Waals surface area contributed by atoms with Crippen molar-refractivity contribution in [1.82, 2.24) is 0 Å². The maximum Gasteiger partial charge on any atom is 0.416 e. The second-order valence-corrected chi connectivity index (χ2v) is 6.11. The molecule has 1 nitrogen and oxygen atoms in total. The minimum absolute atomic E-state index is 0.285. The molecule has 4 aromatic rings. The van der Waals surface area contributed by atoms with Crippen molar-refractivity contribution < 1.29 is 17.9 Å². The SMILES string of the molecule is FC(F)(F)c1ccc(OCc2c3ccccc3cc3ccccc23)cc1. The zero-order valence-electron chi connectivity index (χ0n) is 13.8. The average Bonchev–Trinajstić information content (AvgIpc) is 2.65. The largest absolute Gasteiger partial charge is 0.489 e. The molecule has 0 heterocycles. The number of fused-ring (bicyclic) bond motifs is 2. The molecule has 0 aliphatic heterocycles. The second kappa shape index (κ2) is 6.37. The minimum Gasteiger partial charge on any atom is -0.489 e. The van der Waals surface area contributed by atoms with Crippen molar-refractivity contribution in [3.63, 3.8) is 0 Å². The fourth-order valence-electron chi connectivity index (χ4n) is 3.16. The quantitative estimate of drug-likeness (QED) is 0.378. The van der Waals surface area contributed by atoms with Crippen LogP contribution in [0, 0.1) is 0 Å². The van der Waals surface area contributed by atoms with Gasteiger partial charge in [-0.15, -0.1) is 0 Å². The maximum absolute atomic E-state index is 12.7. The lowest BCUT2D eigenvalue weighted by Gasteiger charge is -2.13. The normalized spacial score (nSPS) is 11.8. The van der Waals surface area contributed by atoms with E-state index < -0.39 is 11.7 Å². The Balaban J connectivity index is 1.70. The van der Waals surface area contributed by atoms with E-state index in [1.807, 2.05) is 48.5 Å². The highest BCUT2D eigenvalue weighted by Crippen LogP contribution is 2.32. The summed E-state index contributed by atoms with van der Waals surface area (Å²) in [6, 6.07) is 23.0. The first-order valence-electron chi connectivity index (χ1n) is 8.22. The van der Waals surface area contributed by atoms with Gasteiger partial charge in [-0.1, -0.05) is 48.5 Å². The van der Waals surface area contributed by atoms with Gasteiger partial charge in [0.1, 0.15) is 12.4 Å². The van der Waals surface area contributed by atoms with E-state index in [4.69, 9.17) is 4.74 Å². The molecule has 4 rings (SSSR count). The van der Waals surface area contributed by atoms with Gasteiger partial charge in [0.15, 0.2) is 0 Å². The summed E-state index contributed by atoms with van der Waals surface area (Å²) >= 11 is 0. The van der Waals surface area contributed by atoms with Crippen molar-refractivity contribution >= 4 is 21.5 Å². The molecule has 26 heavy (non-hydrogen) atoms. The molecule has 0 saturated heterocycles. The van der Waals surface area contributed by atoms with Gasteiger partial charge in [-0.3, -0.25) is 0 Å². The smallest absolute Gasteiger partial charge is 0.416 e. The van der Waals surface area contributed by atoms with Crippen LogP contribution < -0.4 is 4.74 Å². The van der Waals surface area contributed by atoms with Crippen LogP contribution in [0.3, 0.4) is 0 Å². The van der Waals surface area contributed by atoms with Crippen molar-refractivity contribution in [3.05, 3.63) is 90.0 Å². The minimum atomic E-state index is -4.34. The lowest BCUT2D eigenvalue weighted by Crippen LogP contribution is -2.04. The summed E-state index contributed by atoms with van der Waals surface area (Å²) in [6.45, 7) is 0.285. The average molecular weight is 352 g/mol. The molecule has 0 amide bonds. The van der Waals surface area contributed by atoms with Crippen molar-refractivity contribution in [3.8, 4) is 5.75 Å². The van der Waals surface area contributed by atoms with Crippen LogP contribution in [-0.2, 0) is 12.8 Å². The fraction of sp³-hybridized carbons (Fsp3) is 0.0909. The second-order valence-electron chi connectivity index (χ2n) is 6.11. The fourth-order valence-corrected chi connectivity index (χ4v) is 3.16. The van der Waals surface area contributed by atoms with Gasteiger partial charge in [0.2, 0.25) is 0 Å². The van der Waals surface area contributed by atoms with E-state index in [1.54, 1.807) is 0 Å². The maximum atomic E-state index is 12.7. The highest BCUT2D eigenvalue weighted by Gasteiger charge is 2.30. The van der Waals surface area contributed by atoms with Gasteiger partial charge in [-0.2, -0.15) is 13.2 Å². The molecule has 4 aromatic carbocycles. The molecule has 0 bridgehead atoms. The van der Waals surface area contributed by atoms with Crippen molar-refractivity contribution in [2.75, 3.05) is 0 Å². The lowest BCUT2D eigenvalue weighted by atomic mass is 9.97. The molecule has 0 aliphatic carbocycles. The molecule has 4 heteroatoms. The van der Waals surface area contributed by atoms with E-state index in [1.165, 1.54) is 12.1 Å². The van der Waals surface area contributed by atoms with Crippen LogP contribution in [0.1, 0.15) is 11.1 Å². The van der Waals surface area contributed by atoms with Gasteiger partial charge in [0.05, 0.1) is 5.56 Å². The summed E-state index contributed by atoms with van der Waals surface area (Å²) in [5.41, 5.74) is 0.346. The number of alkyl halides is 3. The number of hydrogen-bond acceptors (Lipinski definition) is 1. The predicted molar refractivity (Wildman–Crippen MR) is 97.2 cm³/mol. The highest BCUT2D eigenvalue weighted by atomic mass is 19.4. The van der Waals surface area contributed by atoms with Gasteiger partial charge in [-0.05, 0) is 51.9 Å². The van der Waals surface area contributed by atoms with E-state index in [0.29, 0.717) is 5.75 Å². The van der Waals surface area contributed by atoms with E-state index in [9.17, 15) is 13.2 Å². The van der Waals surface area contributed by atoms with E-state index in [-0.39, 0.29) is 6.61 Å². The Bertz CT molecular complexity index is 1010. The summed E-state index contributed by atoms with van der Waals surface area (Å²) in [4.78, 5) is 0. The third kappa shape index (κ3) is 3.10. The molecular formula is C22H15F3O. The van der Waals surface area contributed by atoms with Gasteiger partial charge in [0, 0.05) is 5.56 Å². The van der Waals surface area contributed by atoms with Gasteiger partial charge < -0.3 is 4.74 Å². The first-order chi connectivity index (χ1) is 12.5. The molecule has 0 fully saturated rings. The van der Waals surface area contributed by atoms with Gasteiger partial charge >= 0.3 is 6.18 Å². The molecule has 0 aromatic heterocycles. The predicted octanol–water partition coefficient (Wildman–Crippen LogP) is 6.59. The molecular weight excluding hydrogens is 337 g/mol. The van der Waals surface area contributed by atoms with Crippen LogP contribution in [0.4, 0.5) is 13.2 Å². The van der Waals surface area contributed by atoms with Crippen LogP contribution in [0.2, 0.25) is 0 Å². The Morgan fingerprint density at radius 2 is 1.23 bits per heavy atom. The first-order valence-corrected chi connectivity index (χ1v) is 8.22. The van der Waals surface area contributed by atoms with Crippen LogP contribution in [-0.4, -0.2) is 0 Å². The highest BCUT2D eigenvalue weighted by molar-refractivity contribution is 6.02. The lowest BCUT2D eigenvalue weighted by molar-refractivity contribution is -0.137. The van der Waals surface area contributed by atoms with Crippen LogP contribution in [0.5, 0.6) is 5.75 Å². The van der Waals surface area contributed by atoms with Gasteiger partial charge in [-0.25, -0.2) is 0 Å². The first kappa shape index (κ1) is 16.5. The van der Waals surface area contributed by atoms with E-state index in [2.05, 4.69) is 6.07 Å². The number of rotatable bonds is 3. The molecule has 0 saturated carbocycles. The zero-order valence-corrected chi connectivity index (χ0v) is 13.8. The summed E-state index contributed by atoms with van der Waals surface area (Å²) in [6.07, 6.45) is -4.34. The molecule has 0 unspecified atom stereocenters. The van der Waals surface area contributed by atoms with Crippen LogP contribution >= 0.6 is 0 Å². The number of ether oxygens (including phenoxy) is 1. The Kier molecular flexibility index (Phi) is 4.03. The summed E-state index contributed by atoms with van der Waals surface area (Å²) in [5, 5.41) is 4.38.